The standard InChI is InChI=1S/C12H13N3O3/c1-7-2-3-8(5-10(13)16)9(4-7)15-11(17)6-14-12(15)18/h2-4H,5-6H2,1H3,(H2,13,16)(H,14,18). The number of rotatable bonds is 3. The predicted octanol–water partition coefficient (Wildman–Crippen LogP) is 0.0790. The summed E-state index contributed by atoms with van der Waals surface area (Å²) in [5, 5.41) is 2.44. The number of nitrogens with zero attached hydrogens (tertiary/aromatic N) is 1. The molecule has 6 nitrogen and oxygen atoms in total. The van der Waals surface area contributed by atoms with Gasteiger partial charge < -0.3 is 11.1 Å². The van der Waals surface area contributed by atoms with E-state index >= 15 is 0 Å². The quantitative estimate of drug-likeness (QED) is 0.741. The van der Waals surface area contributed by atoms with Gasteiger partial charge in [0.1, 0.15) is 0 Å². The van der Waals surface area contributed by atoms with E-state index in [1.807, 2.05) is 6.92 Å². The molecule has 18 heavy (non-hydrogen) atoms. The van der Waals surface area contributed by atoms with Gasteiger partial charge in [-0.1, -0.05) is 12.1 Å². The Hall–Kier alpha value is -2.37. The van der Waals surface area contributed by atoms with Crippen LogP contribution in [0.15, 0.2) is 18.2 Å². The zero-order chi connectivity index (χ0) is 13.3. The van der Waals surface area contributed by atoms with E-state index in [9.17, 15) is 14.4 Å². The number of amides is 4. The van der Waals surface area contributed by atoms with Gasteiger partial charge in [-0.05, 0) is 24.1 Å². The second-order valence-corrected chi connectivity index (χ2v) is 4.16. The molecule has 94 valence electrons. The molecule has 0 saturated carbocycles. The Morgan fingerprint density at radius 1 is 1.44 bits per heavy atom. The summed E-state index contributed by atoms with van der Waals surface area (Å²) in [5.41, 5.74) is 7.04. The van der Waals surface area contributed by atoms with Gasteiger partial charge in [0.15, 0.2) is 0 Å². The number of urea groups is 1. The normalized spacial score (nSPS) is 14.8. The van der Waals surface area contributed by atoms with E-state index in [1.165, 1.54) is 0 Å². The van der Waals surface area contributed by atoms with Crippen molar-refractivity contribution in [2.45, 2.75) is 13.3 Å². The van der Waals surface area contributed by atoms with Crippen LogP contribution in [0.4, 0.5) is 10.5 Å². The summed E-state index contributed by atoms with van der Waals surface area (Å²) >= 11 is 0. The summed E-state index contributed by atoms with van der Waals surface area (Å²) in [7, 11) is 0. The van der Waals surface area contributed by atoms with E-state index in [-0.39, 0.29) is 18.9 Å². The largest absolute Gasteiger partial charge is 0.369 e. The molecule has 4 amide bonds. The lowest BCUT2D eigenvalue weighted by atomic mass is 10.1. The van der Waals surface area contributed by atoms with Gasteiger partial charge in [-0.2, -0.15) is 0 Å². The number of anilines is 1. The van der Waals surface area contributed by atoms with Crippen molar-refractivity contribution in [3.63, 3.8) is 0 Å². The molecule has 0 atom stereocenters. The molecule has 1 fully saturated rings. The van der Waals surface area contributed by atoms with Crippen molar-refractivity contribution in [3.8, 4) is 0 Å². The fraction of sp³-hybridized carbons (Fsp3) is 0.250. The minimum Gasteiger partial charge on any atom is -0.369 e. The van der Waals surface area contributed by atoms with Crippen LogP contribution in [0.3, 0.4) is 0 Å². The highest BCUT2D eigenvalue weighted by atomic mass is 16.2. The van der Waals surface area contributed by atoms with Crippen molar-refractivity contribution in [2.75, 3.05) is 11.4 Å². The second kappa shape index (κ2) is 4.48. The van der Waals surface area contributed by atoms with Crippen LogP contribution in [0.1, 0.15) is 11.1 Å². The molecule has 6 heteroatoms. The van der Waals surface area contributed by atoms with Crippen LogP contribution in [0, 0.1) is 6.92 Å². The molecule has 0 radical (unpaired) electrons. The fourth-order valence-electron chi connectivity index (χ4n) is 1.89. The number of nitrogens with one attached hydrogen (secondary N) is 1. The Balaban J connectivity index is 2.47. The highest BCUT2D eigenvalue weighted by molar-refractivity contribution is 6.20. The summed E-state index contributed by atoms with van der Waals surface area (Å²) in [6.45, 7) is 1.82. The maximum atomic E-state index is 11.7. The average molecular weight is 247 g/mol. The van der Waals surface area contributed by atoms with Crippen LogP contribution in [0.25, 0.3) is 0 Å². The van der Waals surface area contributed by atoms with Gasteiger partial charge in [-0.25, -0.2) is 9.69 Å². The van der Waals surface area contributed by atoms with Crippen molar-refractivity contribution in [1.29, 1.82) is 0 Å². The lowest BCUT2D eigenvalue weighted by molar-refractivity contribution is -0.118. The van der Waals surface area contributed by atoms with E-state index < -0.39 is 11.9 Å². The maximum Gasteiger partial charge on any atom is 0.329 e. The number of carbonyl (C=O) groups excluding carboxylic acids is 3. The van der Waals surface area contributed by atoms with E-state index in [2.05, 4.69) is 5.32 Å². The summed E-state index contributed by atoms with van der Waals surface area (Å²) in [6.07, 6.45) is -0.00727. The Bertz CT molecular complexity index is 523. The van der Waals surface area contributed by atoms with Gasteiger partial charge in [0.2, 0.25) is 5.91 Å². The fourth-order valence-corrected chi connectivity index (χ4v) is 1.89. The molecule has 1 aliphatic heterocycles. The van der Waals surface area contributed by atoms with Gasteiger partial charge in [-0.15, -0.1) is 0 Å². The SMILES string of the molecule is Cc1ccc(CC(N)=O)c(N2C(=O)CNC2=O)c1. The first kappa shape index (κ1) is 12.1. The summed E-state index contributed by atoms with van der Waals surface area (Å²) < 4.78 is 0. The molecule has 0 unspecified atom stereocenters. The number of benzene rings is 1. The van der Waals surface area contributed by atoms with Crippen LogP contribution in [0.2, 0.25) is 0 Å². The summed E-state index contributed by atoms with van der Waals surface area (Å²) in [5.74, 6) is -0.844. The van der Waals surface area contributed by atoms with E-state index in [0.29, 0.717) is 11.3 Å². The first-order valence-electron chi connectivity index (χ1n) is 5.47. The molecule has 1 heterocycles. The number of aryl methyl sites for hydroxylation is 1. The summed E-state index contributed by atoms with van der Waals surface area (Å²) in [6, 6.07) is 4.73. The van der Waals surface area contributed by atoms with E-state index in [1.54, 1.807) is 18.2 Å². The minimum absolute atomic E-state index is 0.00727. The Morgan fingerprint density at radius 2 is 2.17 bits per heavy atom. The third-order valence-corrected chi connectivity index (χ3v) is 2.69. The summed E-state index contributed by atoms with van der Waals surface area (Å²) in [4.78, 5) is 35.3. The van der Waals surface area contributed by atoms with Crippen molar-refractivity contribution in [3.05, 3.63) is 29.3 Å². The first-order valence-corrected chi connectivity index (χ1v) is 5.47. The van der Waals surface area contributed by atoms with Gasteiger partial charge in [0.25, 0.3) is 5.91 Å². The number of hydrogen-bond acceptors (Lipinski definition) is 3. The molecule has 0 spiro atoms. The van der Waals surface area contributed by atoms with Gasteiger partial charge in [-0.3, -0.25) is 9.59 Å². The first-order chi connectivity index (χ1) is 8.49. The van der Waals surface area contributed by atoms with E-state index in [0.717, 1.165) is 10.5 Å². The molecule has 1 aromatic carbocycles. The minimum atomic E-state index is -0.507. The molecule has 2 rings (SSSR count). The number of imide groups is 1. The van der Waals surface area contributed by atoms with E-state index in [4.69, 9.17) is 5.73 Å². The topological polar surface area (TPSA) is 92.5 Å². The molecule has 1 aromatic rings. The highest BCUT2D eigenvalue weighted by Crippen LogP contribution is 2.24. The van der Waals surface area contributed by atoms with Crippen LogP contribution < -0.4 is 16.0 Å². The highest BCUT2D eigenvalue weighted by Gasteiger charge is 2.31. The molecule has 3 N–H and O–H groups in total. The average Bonchev–Trinajstić information content (AvgIpc) is 2.61. The number of nitrogens with two attached hydrogens (primary N) is 1. The van der Waals surface area contributed by atoms with Crippen LogP contribution in [-0.2, 0) is 16.0 Å². The third-order valence-electron chi connectivity index (χ3n) is 2.69. The molecule has 0 bridgehead atoms. The Labute approximate surface area is 104 Å². The Morgan fingerprint density at radius 3 is 2.72 bits per heavy atom. The number of carbonyl (C=O) groups is 3. The van der Waals surface area contributed by atoms with Gasteiger partial charge in [0.05, 0.1) is 18.7 Å². The lowest BCUT2D eigenvalue weighted by Crippen LogP contribution is -2.32. The molecule has 0 aliphatic carbocycles. The number of hydrogen-bond donors (Lipinski definition) is 2. The van der Waals surface area contributed by atoms with Crippen LogP contribution >= 0.6 is 0 Å². The van der Waals surface area contributed by atoms with Crippen LogP contribution in [0.5, 0.6) is 0 Å². The smallest absolute Gasteiger partial charge is 0.329 e. The van der Waals surface area contributed by atoms with Crippen molar-refractivity contribution in [1.82, 2.24) is 5.32 Å². The molecule has 1 aliphatic rings. The maximum absolute atomic E-state index is 11.7. The van der Waals surface area contributed by atoms with Crippen molar-refractivity contribution in [2.24, 2.45) is 5.73 Å². The third kappa shape index (κ3) is 2.17. The van der Waals surface area contributed by atoms with Gasteiger partial charge in [0, 0.05) is 0 Å². The zero-order valence-corrected chi connectivity index (χ0v) is 9.90. The lowest BCUT2D eigenvalue weighted by Gasteiger charge is -2.17. The molecular formula is C12H13N3O3. The molecule has 0 aromatic heterocycles. The Kier molecular flexibility index (Phi) is 3.01. The number of primary amides is 1. The molecule has 1 saturated heterocycles. The zero-order valence-electron chi connectivity index (χ0n) is 9.90. The second-order valence-electron chi connectivity index (χ2n) is 4.16. The molecular weight excluding hydrogens is 234 g/mol. The van der Waals surface area contributed by atoms with Crippen molar-refractivity contribution >= 4 is 23.5 Å². The predicted molar refractivity (Wildman–Crippen MR) is 65.0 cm³/mol. The van der Waals surface area contributed by atoms with Gasteiger partial charge >= 0.3 is 6.03 Å². The van der Waals surface area contributed by atoms with Crippen LogP contribution in [-0.4, -0.2) is 24.4 Å². The van der Waals surface area contributed by atoms with Crippen molar-refractivity contribution < 1.29 is 14.4 Å². The monoisotopic (exact) mass is 247 g/mol.